The van der Waals surface area contributed by atoms with E-state index in [9.17, 15) is 9.59 Å². The van der Waals surface area contributed by atoms with E-state index in [1.165, 1.54) is 13.5 Å². The van der Waals surface area contributed by atoms with Crippen molar-refractivity contribution in [1.82, 2.24) is 10.2 Å². The van der Waals surface area contributed by atoms with E-state index in [1.54, 1.807) is 16.7 Å². The van der Waals surface area contributed by atoms with Crippen LogP contribution in [0.3, 0.4) is 0 Å². The van der Waals surface area contributed by atoms with Crippen molar-refractivity contribution in [3.05, 3.63) is 0 Å². The first-order valence-electron chi connectivity index (χ1n) is 6.31. The lowest BCUT2D eigenvalue weighted by molar-refractivity contribution is -0.142. The molecule has 104 valence electrons. The second kappa shape index (κ2) is 8.24. The summed E-state index contributed by atoms with van der Waals surface area (Å²) in [4.78, 5) is 25.3. The molecule has 1 atom stereocenters. The Labute approximate surface area is 113 Å². The minimum Gasteiger partial charge on any atom is -0.467 e. The van der Waals surface area contributed by atoms with Crippen LogP contribution >= 0.6 is 11.8 Å². The maximum atomic E-state index is 12.0. The Hall–Kier alpha value is -0.910. The van der Waals surface area contributed by atoms with Gasteiger partial charge in [0.2, 0.25) is 0 Å². The summed E-state index contributed by atoms with van der Waals surface area (Å²) in [5, 5.41) is 2.77. The molecule has 0 radical (unpaired) electrons. The molecule has 5 nitrogen and oxygen atoms in total. The number of thioether (sulfide) groups is 1. The van der Waals surface area contributed by atoms with Gasteiger partial charge < -0.3 is 15.0 Å². The molecule has 0 saturated carbocycles. The van der Waals surface area contributed by atoms with E-state index in [2.05, 4.69) is 5.32 Å². The van der Waals surface area contributed by atoms with Gasteiger partial charge in [-0.05, 0) is 37.7 Å². The van der Waals surface area contributed by atoms with Gasteiger partial charge in [0.1, 0.15) is 6.04 Å². The zero-order valence-electron chi connectivity index (χ0n) is 11.1. The fourth-order valence-electron chi connectivity index (χ4n) is 1.96. The lowest BCUT2D eigenvalue weighted by Gasteiger charge is -2.28. The summed E-state index contributed by atoms with van der Waals surface area (Å²) in [5.41, 5.74) is 0. The Morgan fingerprint density at radius 1 is 1.33 bits per heavy atom. The molecule has 6 heteroatoms. The number of hydrogen-bond donors (Lipinski definition) is 1. The monoisotopic (exact) mass is 274 g/mol. The van der Waals surface area contributed by atoms with Crippen molar-refractivity contribution < 1.29 is 14.3 Å². The number of hydrogen-bond acceptors (Lipinski definition) is 4. The standard InChI is InChI=1S/C12H22N2O3S/c1-17-11(15)10(6-9-18-2)13-12(16)14-7-4-3-5-8-14/h10H,3-9H2,1-2H3,(H,13,16)/t10-/m0/s1. The Bertz CT molecular complexity index is 280. The van der Waals surface area contributed by atoms with E-state index < -0.39 is 6.04 Å². The number of urea groups is 1. The average Bonchev–Trinajstić information content (AvgIpc) is 2.43. The lowest BCUT2D eigenvalue weighted by Crippen LogP contribution is -2.49. The normalized spacial score (nSPS) is 17.1. The number of likely N-dealkylation sites (tertiary alicyclic amines) is 1. The molecular formula is C12H22N2O3S. The summed E-state index contributed by atoms with van der Waals surface area (Å²) in [6.45, 7) is 1.56. The van der Waals surface area contributed by atoms with Gasteiger partial charge in [-0.1, -0.05) is 0 Å². The second-order valence-electron chi connectivity index (χ2n) is 4.35. The SMILES string of the molecule is COC(=O)[C@H](CCSC)NC(=O)N1CCCCC1. The van der Waals surface area contributed by atoms with Crippen LogP contribution < -0.4 is 5.32 Å². The largest absolute Gasteiger partial charge is 0.467 e. The molecule has 1 heterocycles. The van der Waals surface area contributed by atoms with Crippen LogP contribution in [-0.4, -0.2) is 55.2 Å². The number of piperidine rings is 1. The molecule has 1 fully saturated rings. The molecule has 0 aromatic rings. The van der Waals surface area contributed by atoms with Gasteiger partial charge in [-0.25, -0.2) is 9.59 Å². The van der Waals surface area contributed by atoms with Gasteiger partial charge in [0.15, 0.2) is 0 Å². The first kappa shape index (κ1) is 15.1. The number of nitrogens with zero attached hydrogens (tertiary/aromatic N) is 1. The predicted octanol–water partition coefficient (Wildman–Crippen LogP) is 1.48. The Balaban J connectivity index is 2.47. The number of methoxy groups -OCH3 is 1. The number of esters is 1. The van der Waals surface area contributed by atoms with Gasteiger partial charge in [0, 0.05) is 13.1 Å². The molecular weight excluding hydrogens is 252 g/mol. The number of rotatable bonds is 5. The first-order chi connectivity index (χ1) is 8.69. The predicted molar refractivity (Wildman–Crippen MR) is 72.8 cm³/mol. The molecule has 1 aliphatic heterocycles. The summed E-state index contributed by atoms with van der Waals surface area (Å²) >= 11 is 1.65. The van der Waals surface area contributed by atoms with Crippen LogP contribution in [0.4, 0.5) is 4.79 Å². The van der Waals surface area contributed by atoms with E-state index in [-0.39, 0.29) is 12.0 Å². The topological polar surface area (TPSA) is 58.6 Å². The van der Waals surface area contributed by atoms with Gasteiger partial charge >= 0.3 is 12.0 Å². The molecule has 1 N–H and O–H groups in total. The van der Waals surface area contributed by atoms with Crippen LogP contribution in [0.5, 0.6) is 0 Å². The van der Waals surface area contributed by atoms with E-state index in [0.29, 0.717) is 6.42 Å². The van der Waals surface area contributed by atoms with Crippen molar-refractivity contribution in [2.24, 2.45) is 0 Å². The van der Waals surface area contributed by atoms with Gasteiger partial charge in [-0.2, -0.15) is 11.8 Å². The highest BCUT2D eigenvalue weighted by molar-refractivity contribution is 7.98. The molecule has 1 rings (SSSR count). The van der Waals surface area contributed by atoms with Crippen molar-refractivity contribution in [2.45, 2.75) is 31.7 Å². The number of carbonyl (C=O) groups excluding carboxylic acids is 2. The van der Waals surface area contributed by atoms with Crippen molar-refractivity contribution in [1.29, 1.82) is 0 Å². The van der Waals surface area contributed by atoms with E-state index >= 15 is 0 Å². The number of ether oxygens (including phenoxy) is 1. The van der Waals surface area contributed by atoms with E-state index in [4.69, 9.17) is 4.74 Å². The van der Waals surface area contributed by atoms with Crippen molar-refractivity contribution in [3.63, 3.8) is 0 Å². The smallest absolute Gasteiger partial charge is 0.328 e. The van der Waals surface area contributed by atoms with Crippen LogP contribution in [0.1, 0.15) is 25.7 Å². The maximum absolute atomic E-state index is 12.0. The Kier molecular flexibility index (Phi) is 6.93. The van der Waals surface area contributed by atoms with Crippen molar-refractivity contribution >= 4 is 23.8 Å². The van der Waals surface area contributed by atoms with E-state index in [0.717, 1.165) is 31.7 Å². The van der Waals surface area contributed by atoms with Crippen LogP contribution in [0, 0.1) is 0 Å². The summed E-state index contributed by atoms with van der Waals surface area (Å²) in [7, 11) is 1.35. The zero-order valence-corrected chi connectivity index (χ0v) is 11.9. The highest BCUT2D eigenvalue weighted by Crippen LogP contribution is 2.09. The number of nitrogens with one attached hydrogen (secondary N) is 1. The third kappa shape index (κ3) is 4.76. The molecule has 1 saturated heterocycles. The molecule has 0 aliphatic carbocycles. The summed E-state index contributed by atoms with van der Waals surface area (Å²) in [5.74, 6) is 0.453. The summed E-state index contributed by atoms with van der Waals surface area (Å²) < 4.78 is 4.72. The molecule has 0 aromatic carbocycles. The third-order valence-electron chi connectivity index (χ3n) is 3.04. The van der Waals surface area contributed by atoms with Crippen LogP contribution in [-0.2, 0) is 9.53 Å². The highest BCUT2D eigenvalue weighted by Gasteiger charge is 2.24. The van der Waals surface area contributed by atoms with Crippen LogP contribution in [0.25, 0.3) is 0 Å². The zero-order chi connectivity index (χ0) is 13.4. The third-order valence-corrected chi connectivity index (χ3v) is 3.68. The Morgan fingerprint density at radius 3 is 2.56 bits per heavy atom. The second-order valence-corrected chi connectivity index (χ2v) is 5.34. The van der Waals surface area contributed by atoms with Crippen LogP contribution in [0.15, 0.2) is 0 Å². The number of carbonyl (C=O) groups is 2. The van der Waals surface area contributed by atoms with Gasteiger partial charge in [0.05, 0.1) is 7.11 Å². The van der Waals surface area contributed by atoms with Gasteiger partial charge in [-0.15, -0.1) is 0 Å². The molecule has 0 unspecified atom stereocenters. The molecule has 1 aliphatic rings. The minimum absolute atomic E-state index is 0.147. The van der Waals surface area contributed by atoms with Gasteiger partial charge in [-0.3, -0.25) is 0 Å². The molecule has 0 aromatic heterocycles. The lowest BCUT2D eigenvalue weighted by atomic mass is 10.1. The fourth-order valence-corrected chi connectivity index (χ4v) is 2.44. The average molecular weight is 274 g/mol. The highest BCUT2D eigenvalue weighted by atomic mass is 32.2. The molecule has 0 spiro atoms. The maximum Gasteiger partial charge on any atom is 0.328 e. The van der Waals surface area contributed by atoms with E-state index in [1.807, 2.05) is 6.26 Å². The minimum atomic E-state index is -0.531. The van der Waals surface area contributed by atoms with Crippen molar-refractivity contribution in [2.75, 3.05) is 32.2 Å². The van der Waals surface area contributed by atoms with Crippen molar-refractivity contribution in [3.8, 4) is 0 Å². The molecule has 18 heavy (non-hydrogen) atoms. The Morgan fingerprint density at radius 2 is 2.00 bits per heavy atom. The first-order valence-corrected chi connectivity index (χ1v) is 7.70. The summed E-state index contributed by atoms with van der Waals surface area (Å²) in [6.07, 6.45) is 5.84. The summed E-state index contributed by atoms with van der Waals surface area (Å²) in [6, 6.07) is -0.678. The fraction of sp³-hybridized carbons (Fsp3) is 0.833. The molecule has 0 bridgehead atoms. The number of amides is 2. The van der Waals surface area contributed by atoms with Crippen LogP contribution in [0.2, 0.25) is 0 Å². The van der Waals surface area contributed by atoms with Gasteiger partial charge in [0.25, 0.3) is 0 Å². The quantitative estimate of drug-likeness (QED) is 0.771. The molecule has 2 amide bonds.